The van der Waals surface area contributed by atoms with E-state index in [2.05, 4.69) is 40.4 Å². The van der Waals surface area contributed by atoms with Gasteiger partial charge in [-0.1, -0.05) is 43.0 Å². The van der Waals surface area contributed by atoms with Gasteiger partial charge in [0.1, 0.15) is 0 Å². The highest BCUT2D eigenvalue weighted by Crippen LogP contribution is 2.25. The Morgan fingerprint density at radius 3 is 2.85 bits per heavy atom. The molecule has 0 radical (unpaired) electrons. The van der Waals surface area contributed by atoms with Gasteiger partial charge in [-0.05, 0) is 24.1 Å². The van der Waals surface area contributed by atoms with Crippen molar-refractivity contribution >= 4 is 34.1 Å². The number of pyridine rings is 1. The topological polar surface area (TPSA) is 78.7 Å². The van der Waals surface area contributed by atoms with Gasteiger partial charge in [0.15, 0.2) is 5.13 Å². The molecule has 0 aliphatic heterocycles. The molecule has 0 aliphatic rings. The maximum atomic E-state index is 12.1. The van der Waals surface area contributed by atoms with Crippen molar-refractivity contribution in [3.63, 3.8) is 0 Å². The number of aromatic nitrogens is 2. The highest BCUT2D eigenvalue weighted by Gasteiger charge is 2.09. The molecule has 0 atom stereocenters. The van der Waals surface area contributed by atoms with Gasteiger partial charge >= 0.3 is 0 Å². The third-order valence-electron chi connectivity index (χ3n) is 3.62. The van der Waals surface area contributed by atoms with E-state index in [4.69, 9.17) is 5.26 Å². The molecular formula is C19H16N4OS2. The van der Waals surface area contributed by atoms with Gasteiger partial charge in [0.2, 0.25) is 5.91 Å². The molecule has 0 bridgehead atoms. The number of hydrogen-bond acceptors (Lipinski definition) is 6. The molecule has 0 saturated heterocycles. The lowest BCUT2D eigenvalue weighted by Gasteiger charge is -2.02. The molecule has 0 saturated carbocycles. The molecule has 5 nitrogen and oxygen atoms in total. The van der Waals surface area contributed by atoms with Gasteiger partial charge in [0.05, 0.1) is 28.1 Å². The summed E-state index contributed by atoms with van der Waals surface area (Å²) in [6, 6.07) is 13.6. The maximum Gasteiger partial charge on any atom is 0.236 e. The molecule has 0 fully saturated rings. The van der Waals surface area contributed by atoms with Gasteiger partial charge in [-0.15, -0.1) is 11.3 Å². The summed E-state index contributed by atoms with van der Waals surface area (Å²) >= 11 is 2.69. The lowest BCUT2D eigenvalue weighted by molar-refractivity contribution is -0.113. The third kappa shape index (κ3) is 4.69. The van der Waals surface area contributed by atoms with Crippen LogP contribution in [-0.2, 0) is 11.2 Å². The van der Waals surface area contributed by atoms with Crippen molar-refractivity contribution in [1.29, 1.82) is 5.26 Å². The SMILES string of the molecule is CCc1ccc(-c2csc(NC(=O)CSc3cc(C#N)ccn3)n2)cc1. The Bertz CT molecular complexity index is 945. The predicted octanol–water partition coefficient (Wildman–Crippen LogP) is 4.37. The van der Waals surface area contributed by atoms with E-state index < -0.39 is 0 Å². The monoisotopic (exact) mass is 380 g/mol. The van der Waals surface area contributed by atoms with E-state index in [0.29, 0.717) is 15.7 Å². The van der Waals surface area contributed by atoms with Gasteiger partial charge in [-0.2, -0.15) is 5.26 Å². The quantitative estimate of drug-likeness (QED) is 0.643. The molecule has 0 unspecified atom stereocenters. The Balaban J connectivity index is 1.57. The van der Waals surface area contributed by atoms with Crippen molar-refractivity contribution in [2.24, 2.45) is 0 Å². The highest BCUT2D eigenvalue weighted by atomic mass is 32.2. The summed E-state index contributed by atoms with van der Waals surface area (Å²) in [5, 5.41) is 14.8. The van der Waals surface area contributed by atoms with E-state index in [1.807, 2.05) is 17.5 Å². The molecule has 7 heteroatoms. The minimum Gasteiger partial charge on any atom is -0.301 e. The summed E-state index contributed by atoms with van der Waals surface area (Å²) in [6.45, 7) is 2.12. The van der Waals surface area contributed by atoms with Crippen LogP contribution in [-0.4, -0.2) is 21.6 Å². The van der Waals surface area contributed by atoms with Crippen LogP contribution in [0, 0.1) is 11.3 Å². The largest absolute Gasteiger partial charge is 0.301 e. The lowest BCUT2D eigenvalue weighted by Crippen LogP contribution is -2.13. The average molecular weight is 380 g/mol. The zero-order valence-electron chi connectivity index (χ0n) is 14.1. The summed E-state index contributed by atoms with van der Waals surface area (Å²) in [5.41, 5.74) is 3.69. The molecule has 1 N–H and O–H groups in total. The summed E-state index contributed by atoms with van der Waals surface area (Å²) in [6.07, 6.45) is 2.57. The molecule has 2 heterocycles. The van der Waals surface area contributed by atoms with Crippen molar-refractivity contribution < 1.29 is 4.79 Å². The first kappa shape index (κ1) is 18.1. The second-order valence-corrected chi connectivity index (χ2v) is 7.27. The van der Waals surface area contributed by atoms with Gasteiger partial charge < -0.3 is 5.32 Å². The number of hydrogen-bond donors (Lipinski definition) is 1. The van der Waals surface area contributed by atoms with Gasteiger partial charge in [0, 0.05) is 17.1 Å². The Labute approximate surface area is 160 Å². The van der Waals surface area contributed by atoms with E-state index in [-0.39, 0.29) is 11.7 Å². The molecule has 130 valence electrons. The minimum atomic E-state index is -0.151. The number of anilines is 1. The molecule has 2 aromatic heterocycles. The standard InChI is InChI=1S/C19H16N4OS2/c1-2-13-3-5-15(6-4-13)16-11-26-19(22-16)23-17(24)12-25-18-9-14(10-20)7-8-21-18/h3-9,11H,2,12H2,1H3,(H,22,23,24). The maximum absolute atomic E-state index is 12.1. The van der Waals surface area contributed by atoms with E-state index in [9.17, 15) is 4.79 Å². The number of nitrogens with zero attached hydrogens (tertiary/aromatic N) is 3. The zero-order chi connectivity index (χ0) is 18.4. The smallest absolute Gasteiger partial charge is 0.236 e. The van der Waals surface area contributed by atoms with Crippen molar-refractivity contribution in [3.05, 3.63) is 59.1 Å². The number of rotatable bonds is 6. The predicted molar refractivity (Wildman–Crippen MR) is 105 cm³/mol. The lowest BCUT2D eigenvalue weighted by atomic mass is 10.1. The molecule has 0 aliphatic carbocycles. The zero-order valence-corrected chi connectivity index (χ0v) is 15.7. The number of amides is 1. The van der Waals surface area contributed by atoms with Crippen LogP contribution >= 0.6 is 23.1 Å². The van der Waals surface area contributed by atoms with Crippen LogP contribution in [0.15, 0.2) is 53.0 Å². The van der Waals surface area contributed by atoms with Crippen LogP contribution in [0.3, 0.4) is 0 Å². The number of nitriles is 1. The van der Waals surface area contributed by atoms with Crippen molar-refractivity contribution in [2.75, 3.05) is 11.1 Å². The van der Waals surface area contributed by atoms with Gasteiger partial charge in [-0.25, -0.2) is 9.97 Å². The van der Waals surface area contributed by atoms with Gasteiger partial charge in [0.25, 0.3) is 0 Å². The molecule has 0 spiro atoms. The Hall–Kier alpha value is -2.69. The number of carbonyl (C=O) groups is 1. The van der Waals surface area contributed by atoms with Gasteiger partial charge in [-0.3, -0.25) is 4.79 Å². The van der Waals surface area contributed by atoms with Crippen LogP contribution in [0.1, 0.15) is 18.1 Å². The summed E-state index contributed by atoms with van der Waals surface area (Å²) in [7, 11) is 0. The van der Waals surface area contributed by atoms with Crippen LogP contribution in [0.2, 0.25) is 0 Å². The van der Waals surface area contributed by atoms with Crippen LogP contribution in [0.25, 0.3) is 11.3 Å². The first-order valence-corrected chi connectivity index (χ1v) is 9.88. The highest BCUT2D eigenvalue weighted by molar-refractivity contribution is 7.99. The second kappa shape index (κ2) is 8.61. The molecule has 3 aromatic rings. The molecule has 3 rings (SSSR count). The number of thioether (sulfide) groups is 1. The number of thiazole rings is 1. The molecule has 1 amide bonds. The van der Waals surface area contributed by atoms with E-state index >= 15 is 0 Å². The van der Waals surface area contributed by atoms with Crippen molar-refractivity contribution in [3.8, 4) is 17.3 Å². The summed E-state index contributed by atoms with van der Waals surface area (Å²) in [4.78, 5) is 20.7. The third-order valence-corrected chi connectivity index (χ3v) is 5.31. The summed E-state index contributed by atoms with van der Waals surface area (Å²) in [5.74, 6) is 0.0588. The fraction of sp³-hybridized carbons (Fsp3) is 0.158. The van der Waals surface area contributed by atoms with Crippen LogP contribution in [0.4, 0.5) is 5.13 Å². The normalized spacial score (nSPS) is 10.3. The molecule has 1 aromatic carbocycles. The number of carbonyl (C=O) groups excluding carboxylic acids is 1. The average Bonchev–Trinajstić information content (AvgIpc) is 3.15. The van der Waals surface area contributed by atoms with Crippen molar-refractivity contribution in [1.82, 2.24) is 9.97 Å². The number of nitrogens with one attached hydrogen (secondary N) is 1. The molecule has 26 heavy (non-hydrogen) atoms. The fourth-order valence-corrected chi connectivity index (χ4v) is 3.66. The Kier molecular flexibility index (Phi) is 6.00. The number of benzene rings is 1. The number of aryl methyl sites for hydroxylation is 1. The molecular weight excluding hydrogens is 364 g/mol. The van der Waals surface area contributed by atoms with E-state index in [1.54, 1.807) is 18.3 Å². The fourth-order valence-electron chi connectivity index (χ4n) is 2.23. The van der Waals surface area contributed by atoms with E-state index in [1.165, 1.54) is 28.7 Å². The Morgan fingerprint density at radius 2 is 2.12 bits per heavy atom. The second-order valence-electron chi connectivity index (χ2n) is 5.42. The van der Waals surface area contributed by atoms with Crippen LogP contribution < -0.4 is 5.32 Å². The summed E-state index contributed by atoms with van der Waals surface area (Å²) < 4.78 is 0. The van der Waals surface area contributed by atoms with E-state index in [0.717, 1.165) is 17.7 Å². The van der Waals surface area contributed by atoms with Crippen molar-refractivity contribution in [2.45, 2.75) is 18.4 Å². The Morgan fingerprint density at radius 1 is 1.31 bits per heavy atom. The minimum absolute atomic E-state index is 0.151. The first-order valence-electron chi connectivity index (χ1n) is 8.01. The first-order chi connectivity index (χ1) is 12.7. The van der Waals surface area contributed by atoms with Crippen LogP contribution in [0.5, 0.6) is 0 Å².